The molecule has 22 heavy (non-hydrogen) atoms. The highest BCUT2D eigenvalue weighted by Gasteiger charge is 2.34. The van der Waals surface area contributed by atoms with E-state index < -0.39 is 23.5 Å². The maximum atomic E-state index is 12.8. The first-order valence-corrected chi connectivity index (χ1v) is 6.58. The first-order valence-electron chi connectivity index (χ1n) is 6.21. The minimum atomic E-state index is -4.60. The number of halogens is 4. The van der Waals surface area contributed by atoms with Crippen molar-refractivity contribution in [3.63, 3.8) is 0 Å². The van der Waals surface area contributed by atoms with Crippen molar-refractivity contribution in [1.29, 1.82) is 0 Å². The molecule has 2 aromatic rings. The summed E-state index contributed by atoms with van der Waals surface area (Å²) in [5.41, 5.74) is -0.716. The summed E-state index contributed by atoms with van der Waals surface area (Å²) in [4.78, 5) is 11.6. The molecule has 0 fully saturated rings. The number of carbonyl (C=O) groups excluding carboxylic acids is 1. The van der Waals surface area contributed by atoms with Crippen molar-refractivity contribution < 1.29 is 22.7 Å². The van der Waals surface area contributed by atoms with Crippen molar-refractivity contribution in [3.8, 4) is 0 Å². The third-order valence-electron chi connectivity index (χ3n) is 2.74. The average molecular weight is 330 g/mol. The predicted molar refractivity (Wildman–Crippen MR) is 76.7 cm³/mol. The molecule has 0 aliphatic heterocycles. The maximum Gasteiger partial charge on any atom is 0.418 e. The largest absolute Gasteiger partial charge is 0.444 e. The molecular weight excluding hydrogens is 319 g/mol. The highest BCUT2D eigenvalue weighted by atomic mass is 35.5. The minimum absolute atomic E-state index is 0.0470. The van der Waals surface area contributed by atoms with Crippen LogP contribution in [0.25, 0.3) is 0 Å². The number of carbonyl (C=O) groups is 1. The fraction of sp³-hybridized carbons (Fsp3) is 0.133. The molecule has 1 N–H and O–H groups in total. The molecule has 2 aromatic carbocycles. The van der Waals surface area contributed by atoms with Gasteiger partial charge in [0, 0.05) is 5.02 Å². The third kappa shape index (κ3) is 4.39. The fourth-order valence-corrected chi connectivity index (χ4v) is 1.91. The van der Waals surface area contributed by atoms with Crippen molar-refractivity contribution in [1.82, 2.24) is 0 Å². The molecule has 0 heterocycles. The van der Waals surface area contributed by atoms with Crippen LogP contribution in [-0.2, 0) is 17.5 Å². The van der Waals surface area contributed by atoms with Gasteiger partial charge in [-0.05, 0) is 23.8 Å². The van der Waals surface area contributed by atoms with Crippen LogP contribution in [0.5, 0.6) is 0 Å². The Labute approximate surface area is 129 Å². The van der Waals surface area contributed by atoms with Gasteiger partial charge < -0.3 is 4.74 Å². The van der Waals surface area contributed by atoms with Gasteiger partial charge in [0.1, 0.15) is 6.61 Å². The van der Waals surface area contributed by atoms with E-state index in [1.165, 1.54) is 0 Å². The minimum Gasteiger partial charge on any atom is -0.444 e. The van der Waals surface area contributed by atoms with E-state index in [2.05, 4.69) is 5.32 Å². The quantitative estimate of drug-likeness (QED) is 0.850. The Morgan fingerprint density at radius 3 is 2.45 bits per heavy atom. The molecular formula is C15H11ClF3NO2. The zero-order valence-electron chi connectivity index (χ0n) is 11.2. The topological polar surface area (TPSA) is 38.3 Å². The lowest BCUT2D eigenvalue weighted by atomic mass is 10.1. The number of nitrogens with one attached hydrogen (secondary N) is 1. The van der Waals surface area contributed by atoms with Gasteiger partial charge in [-0.25, -0.2) is 4.79 Å². The second-order valence-corrected chi connectivity index (χ2v) is 4.81. The first kappa shape index (κ1) is 16.2. The van der Waals surface area contributed by atoms with Crippen molar-refractivity contribution >= 4 is 23.4 Å². The molecule has 0 spiro atoms. The number of hydrogen-bond donors (Lipinski definition) is 1. The van der Waals surface area contributed by atoms with Crippen LogP contribution in [0, 0.1) is 0 Å². The lowest BCUT2D eigenvalue weighted by molar-refractivity contribution is -0.136. The highest BCUT2D eigenvalue weighted by Crippen LogP contribution is 2.36. The number of ether oxygens (including phenoxy) is 1. The molecule has 0 bridgehead atoms. The van der Waals surface area contributed by atoms with E-state index in [1.54, 1.807) is 30.3 Å². The Kier molecular flexibility index (Phi) is 4.92. The summed E-state index contributed by atoms with van der Waals surface area (Å²) in [6, 6.07) is 11.7. The van der Waals surface area contributed by atoms with Crippen molar-refractivity contribution in [2.24, 2.45) is 0 Å². The molecule has 0 aliphatic rings. The van der Waals surface area contributed by atoms with Gasteiger partial charge in [-0.1, -0.05) is 41.9 Å². The standard InChI is InChI=1S/C15H11ClF3NO2/c16-11-6-7-12(15(17,18)19)13(8-11)20-14(21)22-9-10-4-2-1-3-5-10/h1-8H,9H2,(H,20,21). The molecule has 0 saturated heterocycles. The van der Waals surface area contributed by atoms with Crippen molar-refractivity contribution in [3.05, 3.63) is 64.7 Å². The van der Waals surface area contributed by atoms with E-state index in [0.29, 0.717) is 0 Å². The van der Waals surface area contributed by atoms with Crippen LogP contribution >= 0.6 is 11.6 Å². The number of anilines is 1. The van der Waals surface area contributed by atoms with Crippen LogP contribution < -0.4 is 5.32 Å². The Morgan fingerprint density at radius 1 is 1.14 bits per heavy atom. The summed E-state index contributed by atoms with van der Waals surface area (Å²) in [5, 5.41) is 2.14. The molecule has 0 aromatic heterocycles. The highest BCUT2D eigenvalue weighted by molar-refractivity contribution is 6.31. The van der Waals surface area contributed by atoms with E-state index in [0.717, 1.165) is 23.8 Å². The smallest absolute Gasteiger partial charge is 0.418 e. The zero-order valence-corrected chi connectivity index (χ0v) is 11.9. The van der Waals surface area contributed by atoms with Crippen molar-refractivity contribution in [2.75, 3.05) is 5.32 Å². The summed E-state index contributed by atoms with van der Waals surface area (Å²) in [5.74, 6) is 0. The van der Waals surface area contributed by atoms with Crippen LogP contribution in [0.4, 0.5) is 23.7 Å². The van der Waals surface area contributed by atoms with Gasteiger partial charge in [0.15, 0.2) is 0 Å². The van der Waals surface area contributed by atoms with E-state index in [1.807, 2.05) is 0 Å². The Bertz CT molecular complexity index is 660. The normalized spacial score (nSPS) is 11.1. The van der Waals surface area contributed by atoms with Gasteiger partial charge in [0.25, 0.3) is 0 Å². The number of hydrogen-bond acceptors (Lipinski definition) is 2. The van der Waals surface area contributed by atoms with Gasteiger partial charge in [-0.2, -0.15) is 13.2 Å². The molecule has 116 valence electrons. The zero-order chi connectivity index (χ0) is 16.2. The Morgan fingerprint density at radius 2 is 1.82 bits per heavy atom. The SMILES string of the molecule is O=C(Nc1cc(Cl)ccc1C(F)(F)F)OCc1ccccc1. The van der Waals surface area contributed by atoms with Crippen LogP contribution in [-0.4, -0.2) is 6.09 Å². The van der Waals surface area contributed by atoms with Gasteiger partial charge in [-0.15, -0.1) is 0 Å². The Hall–Kier alpha value is -2.21. The van der Waals surface area contributed by atoms with E-state index >= 15 is 0 Å². The van der Waals surface area contributed by atoms with E-state index in [9.17, 15) is 18.0 Å². The maximum absolute atomic E-state index is 12.8. The summed E-state index contributed by atoms with van der Waals surface area (Å²) in [6.07, 6.45) is -5.59. The summed E-state index contributed by atoms with van der Waals surface area (Å²) in [6.45, 7) is -0.0470. The van der Waals surface area contributed by atoms with Gasteiger partial charge in [0.05, 0.1) is 11.3 Å². The average Bonchev–Trinajstić information content (AvgIpc) is 2.45. The molecule has 7 heteroatoms. The molecule has 0 aliphatic carbocycles. The summed E-state index contributed by atoms with van der Waals surface area (Å²) in [7, 11) is 0. The van der Waals surface area contributed by atoms with Crippen molar-refractivity contribution in [2.45, 2.75) is 12.8 Å². The first-order chi connectivity index (χ1) is 10.4. The number of amides is 1. The second kappa shape index (κ2) is 6.70. The molecule has 3 nitrogen and oxygen atoms in total. The molecule has 2 rings (SSSR count). The Balaban J connectivity index is 2.06. The van der Waals surface area contributed by atoms with E-state index in [4.69, 9.17) is 16.3 Å². The second-order valence-electron chi connectivity index (χ2n) is 4.37. The molecule has 0 unspecified atom stereocenters. The molecule has 0 radical (unpaired) electrons. The van der Waals surface area contributed by atoms with Crippen LogP contribution in [0.2, 0.25) is 5.02 Å². The van der Waals surface area contributed by atoms with Gasteiger partial charge >= 0.3 is 12.3 Å². The number of alkyl halides is 3. The van der Waals surface area contributed by atoms with Gasteiger partial charge in [0.2, 0.25) is 0 Å². The third-order valence-corrected chi connectivity index (χ3v) is 2.97. The fourth-order valence-electron chi connectivity index (χ4n) is 1.74. The number of benzene rings is 2. The van der Waals surface area contributed by atoms with E-state index in [-0.39, 0.29) is 11.6 Å². The summed E-state index contributed by atoms with van der Waals surface area (Å²) < 4.78 is 43.4. The molecule has 0 atom stereocenters. The van der Waals surface area contributed by atoms with Crippen LogP contribution in [0.1, 0.15) is 11.1 Å². The molecule has 0 saturated carbocycles. The number of rotatable bonds is 3. The predicted octanol–water partition coefficient (Wildman–Crippen LogP) is 5.11. The monoisotopic (exact) mass is 329 g/mol. The lowest BCUT2D eigenvalue weighted by Crippen LogP contribution is -2.17. The summed E-state index contributed by atoms with van der Waals surface area (Å²) >= 11 is 5.66. The lowest BCUT2D eigenvalue weighted by Gasteiger charge is -2.14. The van der Waals surface area contributed by atoms with Crippen LogP contribution in [0.3, 0.4) is 0 Å². The molecule has 1 amide bonds. The van der Waals surface area contributed by atoms with Crippen LogP contribution in [0.15, 0.2) is 48.5 Å². The van der Waals surface area contributed by atoms with Gasteiger partial charge in [-0.3, -0.25) is 5.32 Å².